The number of nitrogens with zero attached hydrogens (tertiary/aromatic N) is 3. The maximum Gasteiger partial charge on any atom is 0.213 e. The maximum atomic E-state index is 11.0. The summed E-state index contributed by atoms with van der Waals surface area (Å²) in [4.78, 5) is 20.5. The van der Waals surface area contributed by atoms with Crippen LogP contribution in [0.4, 0.5) is 11.5 Å². The lowest BCUT2D eigenvalue weighted by atomic mass is 10.3. The lowest BCUT2D eigenvalue weighted by Gasteiger charge is -2.20. The predicted octanol–water partition coefficient (Wildman–Crippen LogP) is 2.78. The minimum Gasteiger partial charge on any atom is -0.357 e. The second-order valence-corrected chi connectivity index (χ2v) is 5.91. The Labute approximate surface area is 119 Å². The van der Waals surface area contributed by atoms with Crippen molar-refractivity contribution in [2.45, 2.75) is 31.1 Å². The van der Waals surface area contributed by atoms with Crippen LogP contribution in [0.1, 0.15) is 26.2 Å². The number of anilines is 2. The summed E-state index contributed by atoms with van der Waals surface area (Å²) in [6, 6.07) is 2.13. The third-order valence-electron chi connectivity index (χ3n) is 3.26. The number of rotatable bonds is 6. The molecule has 1 amide bonds. The molecule has 0 bridgehead atoms. The first-order valence-electron chi connectivity index (χ1n) is 6.82. The van der Waals surface area contributed by atoms with E-state index in [2.05, 4.69) is 22.9 Å². The molecule has 1 aliphatic heterocycles. The third-order valence-corrected chi connectivity index (χ3v) is 4.51. The van der Waals surface area contributed by atoms with E-state index in [0.717, 1.165) is 48.1 Å². The highest BCUT2D eigenvalue weighted by Gasteiger charge is 2.16. The van der Waals surface area contributed by atoms with Crippen LogP contribution in [0.5, 0.6) is 0 Å². The number of thioether (sulfide) groups is 1. The molecular formula is C14H21N3OS. The van der Waals surface area contributed by atoms with Gasteiger partial charge in [-0.1, -0.05) is 6.92 Å². The lowest BCUT2D eigenvalue weighted by Crippen LogP contribution is -2.20. The highest BCUT2D eigenvalue weighted by atomic mass is 32.2. The molecule has 0 spiro atoms. The molecule has 1 aromatic heterocycles. The van der Waals surface area contributed by atoms with Crippen LogP contribution in [-0.4, -0.2) is 37.3 Å². The van der Waals surface area contributed by atoms with Crippen LogP contribution in [0, 0.1) is 0 Å². The molecule has 4 nitrogen and oxygen atoms in total. The van der Waals surface area contributed by atoms with Gasteiger partial charge in [-0.25, -0.2) is 4.98 Å². The fraction of sp³-hybridized carbons (Fsp3) is 0.571. The second kappa shape index (κ2) is 6.80. The molecule has 0 radical (unpaired) electrons. The second-order valence-electron chi connectivity index (χ2n) is 4.77. The van der Waals surface area contributed by atoms with Crippen LogP contribution < -0.4 is 9.80 Å². The molecule has 0 unspecified atom stereocenters. The summed E-state index contributed by atoms with van der Waals surface area (Å²) in [5, 5.41) is 0. The zero-order chi connectivity index (χ0) is 13.7. The van der Waals surface area contributed by atoms with Crippen molar-refractivity contribution >= 4 is 29.7 Å². The Kier molecular flexibility index (Phi) is 5.07. The molecule has 0 aromatic carbocycles. The molecule has 19 heavy (non-hydrogen) atoms. The normalized spacial score (nSPS) is 14.7. The third kappa shape index (κ3) is 3.41. The van der Waals surface area contributed by atoms with Gasteiger partial charge in [-0.3, -0.25) is 4.79 Å². The van der Waals surface area contributed by atoms with Gasteiger partial charge >= 0.3 is 0 Å². The van der Waals surface area contributed by atoms with E-state index < -0.39 is 0 Å². The van der Waals surface area contributed by atoms with Crippen molar-refractivity contribution in [3.05, 3.63) is 12.3 Å². The first-order valence-corrected chi connectivity index (χ1v) is 7.80. The molecule has 1 aliphatic rings. The van der Waals surface area contributed by atoms with Crippen molar-refractivity contribution in [2.75, 3.05) is 35.7 Å². The zero-order valence-electron chi connectivity index (χ0n) is 11.6. The van der Waals surface area contributed by atoms with Gasteiger partial charge < -0.3 is 9.80 Å². The highest BCUT2D eigenvalue weighted by molar-refractivity contribution is 7.99. The molecule has 1 fully saturated rings. The van der Waals surface area contributed by atoms with Crippen molar-refractivity contribution in [1.82, 2.24) is 4.98 Å². The summed E-state index contributed by atoms with van der Waals surface area (Å²) in [6.07, 6.45) is 6.27. The molecule has 2 rings (SSSR count). The Morgan fingerprint density at radius 3 is 2.84 bits per heavy atom. The summed E-state index contributed by atoms with van der Waals surface area (Å²) in [5.41, 5.74) is 0.899. The van der Waals surface area contributed by atoms with Crippen molar-refractivity contribution in [3.8, 4) is 0 Å². The topological polar surface area (TPSA) is 36.4 Å². The maximum absolute atomic E-state index is 11.0. The van der Waals surface area contributed by atoms with E-state index in [0.29, 0.717) is 0 Å². The molecule has 0 aliphatic carbocycles. The Morgan fingerprint density at radius 2 is 2.21 bits per heavy atom. The Bertz CT molecular complexity index is 433. The lowest BCUT2D eigenvalue weighted by molar-refractivity contribution is -0.107. The molecule has 5 heteroatoms. The number of pyridine rings is 1. The predicted molar refractivity (Wildman–Crippen MR) is 81.2 cm³/mol. The average Bonchev–Trinajstić information content (AvgIpc) is 2.98. The van der Waals surface area contributed by atoms with E-state index in [1.165, 1.54) is 12.8 Å². The monoisotopic (exact) mass is 279 g/mol. The zero-order valence-corrected chi connectivity index (χ0v) is 12.4. The van der Waals surface area contributed by atoms with Crippen LogP contribution in [0.3, 0.4) is 0 Å². The standard InChI is InChI=1S/C14H21N3OS/c1-3-8-19-13-9-14(17-6-4-5-7-17)15-10-12(13)16(2)11-18/h9-11H,3-8H2,1-2H3. The van der Waals surface area contributed by atoms with Crippen LogP contribution in [0.15, 0.2) is 17.2 Å². The Morgan fingerprint density at radius 1 is 1.47 bits per heavy atom. The number of hydrogen-bond donors (Lipinski definition) is 0. The van der Waals surface area contributed by atoms with Crippen molar-refractivity contribution < 1.29 is 4.79 Å². The molecule has 0 saturated carbocycles. The quantitative estimate of drug-likeness (QED) is 0.592. The fourth-order valence-electron chi connectivity index (χ4n) is 2.19. The molecule has 1 saturated heterocycles. The largest absolute Gasteiger partial charge is 0.357 e. The number of amides is 1. The Balaban J connectivity index is 2.26. The SMILES string of the molecule is CCCSc1cc(N2CCCC2)ncc1N(C)C=O. The van der Waals surface area contributed by atoms with Crippen molar-refractivity contribution in [1.29, 1.82) is 0 Å². The van der Waals surface area contributed by atoms with Crippen molar-refractivity contribution in [2.24, 2.45) is 0 Å². The van der Waals surface area contributed by atoms with E-state index in [-0.39, 0.29) is 0 Å². The summed E-state index contributed by atoms with van der Waals surface area (Å²) in [6.45, 7) is 4.35. The van der Waals surface area contributed by atoms with Crippen LogP contribution in [-0.2, 0) is 4.79 Å². The number of carbonyl (C=O) groups is 1. The number of aromatic nitrogens is 1. The first kappa shape index (κ1) is 14.2. The van der Waals surface area contributed by atoms with Gasteiger partial charge in [0.2, 0.25) is 6.41 Å². The van der Waals surface area contributed by atoms with Gasteiger partial charge in [0.05, 0.1) is 11.9 Å². The smallest absolute Gasteiger partial charge is 0.213 e. The molecular weight excluding hydrogens is 258 g/mol. The van der Waals surface area contributed by atoms with E-state index in [4.69, 9.17) is 0 Å². The van der Waals surface area contributed by atoms with E-state index in [1.807, 2.05) is 6.20 Å². The van der Waals surface area contributed by atoms with Gasteiger partial charge in [-0.2, -0.15) is 0 Å². The number of carbonyl (C=O) groups excluding carboxylic acids is 1. The molecule has 2 heterocycles. The van der Waals surface area contributed by atoms with E-state index in [9.17, 15) is 4.79 Å². The molecule has 0 N–H and O–H groups in total. The van der Waals surface area contributed by atoms with Gasteiger partial charge in [0.15, 0.2) is 0 Å². The van der Waals surface area contributed by atoms with Crippen LogP contribution in [0.25, 0.3) is 0 Å². The van der Waals surface area contributed by atoms with Gasteiger partial charge in [-0.15, -0.1) is 11.8 Å². The molecule has 0 atom stereocenters. The van der Waals surface area contributed by atoms with E-state index >= 15 is 0 Å². The first-order chi connectivity index (χ1) is 9.26. The average molecular weight is 279 g/mol. The number of hydrogen-bond acceptors (Lipinski definition) is 4. The van der Waals surface area contributed by atoms with Gasteiger partial charge in [0.25, 0.3) is 0 Å². The van der Waals surface area contributed by atoms with Crippen LogP contribution >= 0.6 is 11.8 Å². The fourth-order valence-corrected chi connectivity index (χ4v) is 3.15. The summed E-state index contributed by atoms with van der Waals surface area (Å²) in [7, 11) is 1.77. The van der Waals surface area contributed by atoms with Gasteiger partial charge in [0, 0.05) is 25.0 Å². The van der Waals surface area contributed by atoms with Crippen molar-refractivity contribution in [3.63, 3.8) is 0 Å². The molecule has 104 valence electrons. The summed E-state index contributed by atoms with van der Waals surface area (Å²) >= 11 is 1.80. The van der Waals surface area contributed by atoms with Crippen LogP contribution in [0.2, 0.25) is 0 Å². The summed E-state index contributed by atoms with van der Waals surface area (Å²) < 4.78 is 0. The highest BCUT2D eigenvalue weighted by Crippen LogP contribution is 2.32. The van der Waals surface area contributed by atoms with Gasteiger partial charge in [0.1, 0.15) is 5.82 Å². The molecule has 1 aromatic rings. The van der Waals surface area contributed by atoms with Gasteiger partial charge in [-0.05, 0) is 31.1 Å². The summed E-state index contributed by atoms with van der Waals surface area (Å²) in [5.74, 6) is 2.10. The Hall–Kier alpha value is -1.23. The minimum absolute atomic E-state index is 0.836. The van der Waals surface area contributed by atoms with E-state index in [1.54, 1.807) is 23.7 Å². The minimum atomic E-state index is 0.836.